The number of Topliss-reactive ketones (excluding diaryl/α,β-unsaturated/α-hetero) is 1. The Kier molecular flexibility index (Phi) is 2.56. The van der Waals surface area contributed by atoms with Crippen LogP contribution in [0.1, 0.15) is 28.9 Å². The van der Waals surface area contributed by atoms with Crippen molar-refractivity contribution in [3.63, 3.8) is 0 Å². The number of pyridine rings is 1. The van der Waals surface area contributed by atoms with Gasteiger partial charge in [-0.1, -0.05) is 0 Å². The minimum Gasteiger partial charge on any atom is -0.302 e. The second kappa shape index (κ2) is 3.89. The first-order valence-electron chi connectivity index (χ1n) is 5.08. The highest BCUT2D eigenvalue weighted by Crippen LogP contribution is 2.11. The molecule has 4 nitrogen and oxygen atoms in total. The SMILES string of the molecule is CC(=O)c1ccc(-n2cc(C)nc2C)cn1. The molecule has 0 bridgehead atoms. The van der Waals surface area contributed by atoms with Crippen LogP contribution in [-0.4, -0.2) is 20.3 Å². The van der Waals surface area contributed by atoms with Gasteiger partial charge in [-0.3, -0.25) is 9.78 Å². The lowest BCUT2D eigenvalue weighted by Gasteiger charge is -2.04. The van der Waals surface area contributed by atoms with Crippen molar-refractivity contribution in [1.29, 1.82) is 0 Å². The number of nitrogens with zero attached hydrogens (tertiary/aromatic N) is 3. The first-order valence-corrected chi connectivity index (χ1v) is 5.08. The Morgan fingerprint density at radius 1 is 1.31 bits per heavy atom. The number of carbonyl (C=O) groups is 1. The molecule has 82 valence electrons. The molecule has 2 aromatic rings. The van der Waals surface area contributed by atoms with Crippen molar-refractivity contribution < 1.29 is 4.79 Å². The van der Waals surface area contributed by atoms with Crippen molar-refractivity contribution >= 4 is 5.78 Å². The normalized spacial score (nSPS) is 10.4. The van der Waals surface area contributed by atoms with E-state index in [0.717, 1.165) is 17.2 Å². The standard InChI is InChI=1S/C12H13N3O/c1-8-7-15(10(3)14-8)11-4-5-12(9(2)16)13-6-11/h4-7H,1-3H3. The number of carbonyl (C=O) groups excluding carboxylic acids is 1. The number of rotatable bonds is 2. The van der Waals surface area contributed by atoms with Gasteiger partial charge in [0, 0.05) is 13.1 Å². The number of imidazole rings is 1. The molecule has 0 unspecified atom stereocenters. The van der Waals surface area contributed by atoms with Crippen molar-refractivity contribution in [2.45, 2.75) is 20.8 Å². The lowest BCUT2D eigenvalue weighted by molar-refractivity contribution is 0.101. The molecule has 0 amide bonds. The number of ketones is 1. The Labute approximate surface area is 94.0 Å². The van der Waals surface area contributed by atoms with Crippen LogP contribution in [0.4, 0.5) is 0 Å². The van der Waals surface area contributed by atoms with E-state index in [4.69, 9.17) is 0 Å². The Morgan fingerprint density at radius 2 is 2.06 bits per heavy atom. The van der Waals surface area contributed by atoms with E-state index < -0.39 is 0 Å². The summed E-state index contributed by atoms with van der Waals surface area (Å²) < 4.78 is 1.95. The molecule has 0 atom stereocenters. The minimum absolute atomic E-state index is 0.0231. The molecule has 0 aliphatic carbocycles. The summed E-state index contributed by atoms with van der Waals surface area (Å²) in [5, 5.41) is 0. The third-order valence-electron chi connectivity index (χ3n) is 2.39. The zero-order chi connectivity index (χ0) is 11.7. The van der Waals surface area contributed by atoms with Crippen LogP contribution < -0.4 is 0 Å². The van der Waals surface area contributed by atoms with Crippen LogP contribution in [0.3, 0.4) is 0 Å². The van der Waals surface area contributed by atoms with Crippen LogP contribution >= 0.6 is 0 Å². The largest absolute Gasteiger partial charge is 0.302 e. The van der Waals surface area contributed by atoms with Crippen LogP contribution in [-0.2, 0) is 0 Å². The lowest BCUT2D eigenvalue weighted by atomic mass is 10.2. The molecule has 2 rings (SSSR count). The van der Waals surface area contributed by atoms with Gasteiger partial charge >= 0.3 is 0 Å². The van der Waals surface area contributed by atoms with Gasteiger partial charge in [0.25, 0.3) is 0 Å². The average Bonchev–Trinajstić information content (AvgIpc) is 2.58. The zero-order valence-electron chi connectivity index (χ0n) is 9.56. The topological polar surface area (TPSA) is 47.8 Å². The summed E-state index contributed by atoms with van der Waals surface area (Å²) in [6.45, 7) is 5.39. The molecular formula is C12H13N3O. The lowest BCUT2D eigenvalue weighted by Crippen LogP contribution is -2.00. The molecule has 0 saturated carbocycles. The van der Waals surface area contributed by atoms with Crippen molar-refractivity contribution in [2.24, 2.45) is 0 Å². The predicted octanol–water partition coefficient (Wildman–Crippen LogP) is 2.09. The molecule has 0 N–H and O–H groups in total. The van der Waals surface area contributed by atoms with Crippen molar-refractivity contribution in [2.75, 3.05) is 0 Å². The van der Waals surface area contributed by atoms with Crippen molar-refractivity contribution in [3.8, 4) is 5.69 Å². The van der Waals surface area contributed by atoms with E-state index in [2.05, 4.69) is 9.97 Å². The van der Waals surface area contributed by atoms with E-state index in [1.165, 1.54) is 6.92 Å². The van der Waals surface area contributed by atoms with E-state index in [1.807, 2.05) is 30.7 Å². The molecule has 0 aliphatic rings. The van der Waals surface area contributed by atoms with E-state index >= 15 is 0 Å². The van der Waals surface area contributed by atoms with Gasteiger partial charge in [0.15, 0.2) is 5.78 Å². The number of aromatic nitrogens is 3. The van der Waals surface area contributed by atoms with Crippen LogP contribution in [0.25, 0.3) is 5.69 Å². The van der Waals surface area contributed by atoms with E-state index in [-0.39, 0.29) is 5.78 Å². The fraction of sp³-hybridized carbons (Fsp3) is 0.250. The molecule has 2 aromatic heterocycles. The fourth-order valence-corrected chi connectivity index (χ4v) is 1.62. The highest BCUT2D eigenvalue weighted by Gasteiger charge is 2.05. The maximum absolute atomic E-state index is 11.1. The molecule has 2 heterocycles. The Bertz CT molecular complexity index is 526. The van der Waals surface area contributed by atoms with Gasteiger partial charge in [0.05, 0.1) is 17.6 Å². The summed E-state index contributed by atoms with van der Waals surface area (Å²) in [6, 6.07) is 3.60. The molecule has 0 aromatic carbocycles. The summed E-state index contributed by atoms with van der Waals surface area (Å²) in [7, 11) is 0. The summed E-state index contributed by atoms with van der Waals surface area (Å²) in [6.07, 6.45) is 3.63. The van der Waals surface area contributed by atoms with Crippen molar-refractivity contribution in [3.05, 3.63) is 41.7 Å². The second-order valence-electron chi connectivity index (χ2n) is 3.76. The third-order valence-corrected chi connectivity index (χ3v) is 2.39. The number of aryl methyl sites for hydroxylation is 2. The van der Waals surface area contributed by atoms with Crippen LogP contribution in [0, 0.1) is 13.8 Å². The molecule has 4 heteroatoms. The molecule has 0 saturated heterocycles. The maximum Gasteiger partial charge on any atom is 0.178 e. The Morgan fingerprint density at radius 3 is 2.50 bits per heavy atom. The first kappa shape index (κ1) is 10.5. The summed E-state index contributed by atoms with van der Waals surface area (Å²) in [5.41, 5.74) is 2.37. The Hall–Kier alpha value is -1.97. The van der Waals surface area contributed by atoms with Gasteiger partial charge in [0.2, 0.25) is 0 Å². The van der Waals surface area contributed by atoms with Gasteiger partial charge in [-0.2, -0.15) is 0 Å². The van der Waals surface area contributed by atoms with Crippen LogP contribution in [0.5, 0.6) is 0 Å². The van der Waals surface area contributed by atoms with Crippen molar-refractivity contribution in [1.82, 2.24) is 14.5 Å². The number of hydrogen-bond acceptors (Lipinski definition) is 3. The zero-order valence-corrected chi connectivity index (χ0v) is 9.56. The monoisotopic (exact) mass is 215 g/mol. The molecule has 0 fully saturated rings. The fourth-order valence-electron chi connectivity index (χ4n) is 1.62. The van der Waals surface area contributed by atoms with Gasteiger partial charge in [-0.25, -0.2) is 4.98 Å². The van der Waals surface area contributed by atoms with Gasteiger partial charge < -0.3 is 4.57 Å². The molecule has 0 aliphatic heterocycles. The Balaban J connectivity index is 2.42. The predicted molar refractivity (Wildman–Crippen MR) is 60.8 cm³/mol. The second-order valence-corrected chi connectivity index (χ2v) is 3.76. The van der Waals surface area contributed by atoms with E-state index in [1.54, 1.807) is 12.3 Å². The van der Waals surface area contributed by atoms with E-state index in [0.29, 0.717) is 5.69 Å². The summed E-state index contributed by atoms with van der Waals surface area (Å²) in [4.78, 5) is 19.5. The van der Waals surface area contributed by atoms with Crippen LogP contribution in [0.2, 0.25) is 0 Å². The minimum atomic E-state index is -0.0231. The van der Waals surface area contributed by atoms with E-state index in [9.17, 15) is 4.79 Å². The number of hydrogen-bond donors (Lipinski definition) is 0. The molecule has 0 spiro atoms. The quantitative estimate of drug-likeness (QED) is 0.721. The molecular weight excluding hydrogens is 202 g/mol. The average molecular weight is 215 g/mol. The molecule has 0 radical (unpaired) electrons. The van der Waals surface area contributed by atoms with Crippen LogP contribution in [0.15, 0.2) is 24.5 Å². The van der Waals surface area contributed by atoms with Gasteiger partial charge in [-0.05, 0) is 26.0 Å². The van der Waals surface area contributed by atoms with Gasteiger partial charge in [0.1, 0.15) is 11.5 Å². The first-order chi connectivity index (χ1) is 7.58. The highest BCUT2D eigenvalue weighted by molar-refractivity contribution is 5.92. The highest BCUT2D eigenvalue weighted by atomic mass is 16.1. The smallest absolute Gasteiger partial charge is 0.178 e. The van der Waals surface area contributed by atoms with Gasteiger partial charge in [-0.15, -0.1) is 0 Å². The third kappa shape index (κ3) is 1.86. The summed E-state index contributed by atoms with van der Waals surface area (Å²) in [5.74, 6) is 0.889. The maximum atomic E-state index is 11.1. The summed E-state index contributed by atoms with van der Waals surface area (Å²) >= 11 is 0. The molecule has 16 heavy (non-hydrogen) atoms.